The topological polar surface area (TPSA) is 57.7 Å². The van der Waals surface area contributed by atoms with Gasteiger partial charge in [-0.2, -0.15) is 4.31 Å². The molecule has 1 saturated heterocycles. The van der Waals surface area contributed by atoms with Gasteiger partial charge in [-0.05, 0) is 38.3 Å². The molecule has 1 aromatic rings. The van der Waals surface area contributed by atoms with Gasteiger partial charge in [-0.3, -0.25) is 4.79 Å². The van der Waals surface area contributed by atoms with Crippen LogP contribution in [-0.4, -0.2) is 49.7 Å². The average Bonchev–Trinajstić information content (AvgIpc) is 2.82. The van der Waals surface area contributed by atoms with Crippen molar-refractivity contribution in [1.82, 2.24) is 9.21 Å². The minimum Gasteiger partial charge on any atom is -0.341 e. The van der Waals surface area contributed by atoms with Gasteiger partial charge in [0.25, 0.3) is 10.0 Å². The summed E-state index contributed by atoms with van der Waals surface area (Å²) in [4.78, 5) is 15.3. The van der Waals surface area contributed by atoms with E-state index in [9.17, 15) is 13.2 Å². The molecule has 1 aliphatic rings. The summed E-state index contributed by atoms with van der Waals surface area (Å²) < 4.78 is 27.3. The molecule has 0 bridgehead atoms. The van der Waals surface area contributed by atoms with Crippen molar-refractivity contribution in [3.8, 4) is 0 Å². The van der Waals surface area contributed by atoms with Gasteiger partial charge in [0.1, 0.15) is 4.21 Å². The van der Waals surface area contributed by atoms with Crippen LogP contribution in [0, 0.1) is 12.8 Å². The lowest BCUT2D eigenvalue weighted by Gasteiger charge is -2.25. The Kier molecular flexibility index (Phi) is 6.22. The molecule has 1 amide bonds. The van der Waals surface area contributed by atoms with Gasteiger partial charge < -0.3 is 4.90 Å². The Hall–Kier alpha value is -0.920. The molecule has 0 atom stereocenters. The van der Waals surface area contributed by atoms with Crippen molar-refractivity contribution >= 4 is 27.3 Å². The Balaban J connectivity index is 2.08. The molecule has 1 fully saturated rings. The first-order valence-corrected chi connectivity index (χ1v) is 10.5. The number of nitrogens with zero attached hydrogens (tertiary/aromatic N) is 2. The van der Waals surface area contributed by atoms with E-state index in [2.05, 4.69) is 0 Å². The lowest BCUT2D eigenvalue weighted by Crippen LogP contribution is -2.39. The van der Waals surface area contributed by atoms with Gasteiger partial charge >= 0.3 is 0 Å². The number of rotatable bonds is 5. The summed E-state index contributed by atoms with van der Waals surface area (Å²) in [5.41, 5.74) is 0. The first-order chi connectivity index (χ1) is 10.9. The molecule has 0 saturated carbocycles. The summed E-state index contributed by atoms with van der Waals surface area (Å²) in [7, 11) is -3.43. The summed E-state index contributed by atoms with van der Waals surface area (Å²) in [6, 6.07) is 3.51. The van der Waals surface area contributed by atoms with E-state index >= 15 is 0 Å². The zero-order valence-electron chi connectivity index (χ0n) is 14.1. The average molecular weight is 359 g/mol. The molecule has 130 valence electrons. The van der Waals surface area contributed by atoms with Crippen LogP contribution in [0.4, 0.5) is 0 Å². The fraction of sp³-hybridized carbons (Fsp3) is 0.688. The van der Waals surface area contributed by atoms with Gasteiger partial charge in [0.2, 0.25) is 5.91 Å². The highest BCUT2D eigenvalue weighted by Gasteiger charge is 2.30. The van der Waals surface area contributed by atoms with E-state index in [-0.39, 0.29) is 11.8 Å². The van der Waals surface area contributed by atoms with Crippen LogP contribution in [0.1, 0.15) is 38.0 Å². The lowest BCUT2D eigenvalue weighted by molar-refractivity contribution is -0.135. The Morgan fingerprint density at radius 2 is 1.87 bits per heavy atom. The van der Waals surface area contributed by atoms with Crippen LogP contribution in [0.5, 0.6) is 0 Å². The van der Waals surface area contributed by atoms with Gasteiger partial charge in [0.05, 0.1) is 0 Å². The number of amides is 1. The zero-order chi connectivity index (χ0) is 17.0. The van der Waals surface area contributed by atoms with Gasteiger partial charge in [-0.15, -0.1) is 11.3 Å². The normalized spacial score (nSPS) is 17.5. The van der Waals surface area contributed by atoms with Crippen molar-refractivity contribution in [2.45, 2.75) is 44.2 Å². The third-order valence-corrected chi connectivity index (χ3v) is 7.78. The standard InChI is InChI=1S/C16H26N2O3S2/c1-4-14(5-2)16(19)17-9-6-10-18(12-11-17)23(20,21)15-8-7-13(3)22-15/h7-8,14H,4-6,9-12H2,1-3H3. The summed E-state index contributed by atoms with van der Waals surface area (Å²) >= 11 is 1.30. The maximum absolute atomic E-state index is 12.7. The van der Waals surface area contributed by atoms with E-state index in [0.29, 0.717) is 36.8 Å². The predicted molar refractivity (Wildman–Crippen MR) is 93.1 cm³/mol. The van der Waals surface area contributed by atoms with E-state index < -0.39 is 10.0 Å². The molecule has 1 aromatic heterocycles. The predicted octanol–water partition coefficient (Wildman–Crippen LogP) is 2.72. The second kappa shape index (κ2) is 7.77. The quantitative estimate of drug-likeness (QED) is 0.813. The second-order valence-corrected chi connectivity index (χ2v) is 9.41. The van der Waals surface area contributed by atoms with E-state index in [4.69, 9.17) is 0 Å². The number of sulfonamides is 1. The summed E-state index contributed by atoms with van der Waals surface area (Å²) in [6.07, 6.45) is 2.36. The van der Waals surface area contributed by atoms with Crippen LogP contribution in [0.3, 0.4) is 0 Å². The number of hydrogen-bond acceptors (Lipinski definition) is 4. The third kappa shape index (κ3) is 4.14. The van der Waals surface area contributed by atoms with Crippen LogP contribution in [-0.2, 0) is 14.8 Å². The summed E-state index contributed by atoms with van der Waals surface area (Å²) in [5, 5.41) is 0. The second-order valence-electron chi connectivity index (χ2n) is 5.96. The van der Waals surface area contributed by atoms with E-state index in [1.54, 1.807) is 6.07 Å². The molecular weight excluding hydrogens is 332 g/mol. The van der Waals surface area contributed by atoms with Crippen molar-refractivity contribution in [1.29, 1.82) is 0 Å². The minimum atomic E-state index is -3.43. The Morgan fingerprint density at radius 1 is 1.17 bits per heavy atom. The Labute approximate surface area is 143 Å². The SMILES string of the molecule is CCC(CC)C(=O)N1CCCN(S(=O)(=O)c2ccc(C)s2)CC1. The number of carbonyl (C=O) groups excluding carboxylic acids is 1. The maximum atomic E-state index is 12.7. The minimum absolute atomic E-state index is 0.0538. The first-order valence-electron chi connectivity index (χ1n) is 8.25. The highest BCUT2D eigenvalue weighted by atomic mass is 32.2. The van der Waals surface area contributed by atoms with Crippen molar-refractivity contribution in [2.75, 3.05) is 26.2 Å². The third-order valence-electron chi connectivity index (χ3n) is 4.41. The Bertz CT molecular complexity index is 636. The molecule has 0 aliphatic carbocycles. The molecule has 0 radical (unpaired) electrons. The fourth-order valence-corrected chi connectivity index (χ4v) is 5.84. The van der Waals surface area contributed by atoms with Crippen LogP contribution in [0.15, 0.2) is 16.3 Å². The first kappa shape index (κ1) is 18.4. The van der Waals surface area contributed by atoms with Crippen LogP contribution in [0.2, 0.25) is 0 Å². The van der Waals surface area contributed by atoms with Crippen molar-refractivity contribution in [3.63, 3.8) is 0 Å². The van der Waals surface area contributed by atoms with E-state index in [1.807, 2.05) is 31.7 Å². The smallest absolute Gasteiger partial charge is 0.252 e. The molecule has 0 unspecified atom stereocenters. The molecule has 0 N–H and O–H groups in total. The zero-order valence-corrected chi connectivity index (χ0v) is 15.8. The summed E-state index contributed by atoms with van der Waals surface area (Å²) in [6.45, 7) is 7.95. The number of thiophene rings is 1. The van der Waals surface area contributed by atoms with Crippen molar-refractivity contribution in [2.24, 2.45) is 5.92 Å². The molecule has 0 aromatic carbocycles. The van der Waals surface area contributed by atoms with Crippen LogP contribution < -0.4 is 0 Å². The molecule has 5 nitrogen and oxygen atoms in total. The molecule has 0 spiro atoms. The largest absolute Gasteiger partial charge is 0.341 e. The van der Waals surface area contributed by atoms with Gasteiger partial charge in [-0.1, -0.05) is 13.8 Å². The fourth-order valence-electron chi connectivity index (χ4n) is 2.93. The van der Waals surface area contributed by atoms with Gasteiger partial charge in [-0.25, -0.2) is 8.42 Å². The monoisotopic (exact) mass is 358 g/mol. The van der Waals surface area contributed by atoms with E-state index in [0.717, 1.165) is 17.7 Å². The molecule has 7 heteroatoms. The maximum Gasteiger partial charge on any atom is 0.252 e. The van der Waals surface area contributed by atoms with Crippen LogP contribution >= 0.6 is 11.3 Å². The van der Waals surface area contributed by atoms with E-state index in [1.165, 1.54) is 15.6 Å². The Morgan fingerprint density at radius 3 is 2.43 bits per heavy atom. The molecule has 1 aliphatic heterocycles. The molecular formula is C16H26N2O3S2. The number of carbonyl (C=O) groups is 1. The highest BCUT2D eigenvalue weighted by molar-refractivity contribution is 7.91. The molecule has 2 heterocycles. The summed E-state index contributed by atoms with van der Waals surface area (Å²) in [5.74, 6) is 0.222. The molecule has 2 rings (SSSR count). The van der Waals surface area contributed by atoms with Gasteiger partial charge in [0.15, 0.2) is 0 Å². The number of aryl methyl sites for hydroxylation is 1. The van der Waals surface area contributed by atoms with Gasteiger partial charge in [0, 0.05) is 37.0 Å². The molecule has 23 heavy (non-hydrogen) atoms. The van der Waals surface area contributed by atoms with Crippen LogP contribution in [0.25, 0.3) is 0 Å². The van der Waals surface area contributed by atoms with Crippen molar-refractivity contribution in [3.05, 3.63) is 17.0 Å². The lowest BCUT2D eigenvalue weighted by atomic mass is 10.0. The highest BCUT2D eigenvalue weighted by Crippen LogP contribution is 2.25. The number of hydrogen-bond donors (Lipinski definition) is 0. The van der Waals surface area contributed by atoms with Crippen molar-refractivity contribution < 1.29 is 13.2 Å².